The third-order valence-corrected chi connectivity index (χ3v) is 8.56. The van der Waals surface area contributed by atoms with Crippen LogP contribution >= 0.6 is 0 Å². The van der Waals surface area contributed by atoms with Crippen LogP contribution in [0.15, 0.2) is 16.8 Å². The van der Waals surface area contributed by atoms with Gasteiger partial charge in [0, 0.05) is 31.1 Å². The van der Waals surface area contributed by atoms with Crippen LogP contribution in [0.4, 0.5) is 0 Å². The molecule has 206 valence electrons. The van der Waals surface area contributed by atoms with Gasteiger partial charge in [0.2, 0.25) is 5.88 Å². The first-order chi connectivity index (χ1) is 18.9. The van der Waals surface area contributed by atoms with Gasteiger partial charge >= 0.3 is 0 Å². The summed E-state index contributed by atoms with van der Waals surface area (Å²) in [6.45, 7) is 3.08. The minimum absolute atomic E-state index is 0.111. The number of nitrogens with one attached hydrogen (secondary N) is 1. The Morgan fingerprint density at radius 3 is 2.82 bits per heavy atom. The summed E-state index contributed by atoms with van der Waals surface area (Å²) in [7, 11) is 3.64. The molecule has 2 fully saturated rings. The first-order valence-corrected chi connectivity index (χ1v) is 13.8. The minimum atomic E-state index is -0.593. The van der Waals surface area contributed by atoms with E-state index in [1.807, 2.05) is 6.92 Å². The van der Waals surface area contributed by atoms with E-state index in [9.17, 15) is 9.59 Å². The molecule has 1 amide bonds. The van der Waals surface area contributed by atoms with Crippen LogP contribution in [0.5, 0.6) is 5.88 Å². The Hall–Kier alpha value is -3.67. The van der Waals surface area contributed by atoms with Gasteiger partial charge in [-0.25, -0.2) is 9.67 Å². The van der Waals surface area contributed by atoms with E-state index in [0.29, 0.717) is 35.4 Å². The number of ketones is 1. The number of likely N-dealkylation sites (N-methyl/N-ethyl adjacent to an activating group) is 1. The summed E-state index contributed by atoms with van der Waals surface area (Å²) in [5.41, 5.74) is 0.987. The van der Waals surface area contributed by atoms with Crippen molar-refractivity contribution in [2.24, 2.45) is 0 Å². The predicted octanol–water partition coefficient (Wildman–Crippen LogP) is 2.65. The van der Waals surface area contributed by atoms with E-state index in [1.165, 1.54) is 17.9 Å². The Morgan fingerprint density at radius 2 is 2.05 bits per heavy atom. The summed E-state index contributed by atoms with van der Waals surface area (Å²) >= 11 is 0. The quantitative estimate of drug-likeness (QED) is 0.502. The molecule has 0 bridgehead atoms. The second-order valence-corrected chi connectivity index (χ2v) is 10.9. The van der Waals surface area contributed by atoms with Crippen molar-refractivity contribution in [1.29, 1.82) is 0 Å². The van der Waals surface area contributed by atoms with Gasteiger partial charge in [0.15, 0.2) is 28.8 Å². The van der Waals surface area contributed by atoms with Crippen LogP contribution in [0.25, 0.3) is 17.3 Å². The van der Waals surface area contributed by atoms with Crippen molar-refractivity contribution in [1.82, 2.24) is 40.3 Å². The summed E-state index contributed by atoms with van der Waals surface area (Å²) in [5, 5.41) is 15.1. The molecule has 1 aliphatic heterocycles. The van der Waals surface area contributed by atoms with Crippen molar-refractivity contribution < 1.29 is 18.8 Å². The van der Waals surface area contributed by atoms with Crippen molar-refractivity contribution in [2.75, 3.05) is 20.6 Å². The van der Waals surface area contributed by atoms with E-state index in [2.05, 4.69) is 32.7 Å². The molecule has 3 atom stereocenters. The van der Waals surface area contributed by atoms with Gasteiger partial charge in [-0.3, -0.25) is 14.5 Å². The van der Waals surface area contributed by atoms with Crippen molar-refractivity contribution in [3.05, 3.63) is 29.3 Å². The molecule has 0 radical (unpaired) electrons. The molecular weight excluding hydrogens is 500 g/mol. The minimum Gasteiger partial charge on any atom is -0.473 e. The van der Waals surface area contributed by atoms with E-state index >= 15 is 0 Å². The first-order valence-electron chi connectivity index (χ1n) is 13.8. The fourth-order valence-corrected chi connectivity index (χ4v) is 6.47. The maximum absolute atomic E-state index is 13.1. The fraction of sp³-hybridized carbons (Fsp3) is 0.593. The average Bonchev–Trinajstić information content (AvgIpc) is 3.70. The maximum Gasteiger partial charge on any atom is 0.273 e. The normalized spacial score (nSPS) is 24.1. The third-order valence-electron chi connectivity index (χ3n) is 8.56. The number of aromatic nitrogens is 6. The lowest BCUT2D eigenvalue weighted by molar-refractivity contribution is -0.128. The topological polar surface area (TPSA) is 141 Å². The molecular formula is C27H34N8O4. The molecule has 6 rings (SSSR count). The van der Waals surface area contributed by atoms with Gasteiger partial charge in [-0.1, -0.05) is 16.8 Å². The Morgan fingerprint density at radius 1 is 1.21 bits per heavy atom. The molecule has 3 aliphatic rings. The number of amides is 1. The average molecular weight is 535 g/mol. The molecule has 3 aromatic rings. The van der Waals surface area contributed by atoms with Crippen LogP contribution in [0.1, 0.15) is 80.1 Å². The molecule has 3 aromatic heterocycles. The van der Waals surface area contributed by atoms with E-state index in [4.69, 9.17) is 19.2 Å². The standard InChI is InChI=1S/C27H34N8O4/c1-16(19-9-7-13-34(19)3)38-22-14-21(35-15-18(31-33-35)26(37)28-2)29-25(30-22)23-17-8-6-12-27(24(17)39-32-23)11-5-4-10-20(27)36/h14-16,19H,4-13H2,1-3H3,(H,28,37)/t16-,19-,27+/m0/s1. The molecule has 39 heavy (non-hydrogen) atoms. The molecule has 4 heterocycles. The van der Waals surface area contributed by atoms with Gasteiger partial charge in [0.1, 0.15) is 11.9 Å². The lowest BCUT2D eigenvalue weighted by Gasteiger charge is -2.36. The summed E-state index contributed by atoms with van der Waals surface area (Å²) in [6.07, 6.45) is 9.26. The molecule has 1 saturated carbocycles. The maximum atomic E-state index is 13.1. The fourth-order valence-electron chi connectivity index (χ4n) is 6.47. The largest absolute Gasteiger partial charge is 0.473 e. The molecule has 1 N–H and O–H groups in total. The van der Waals surface area contributed by atoms with Crippen LogP contribution in [0.2, 0.25) is 0 Å². The van der Waals surface area contributed by atoms with Gasteiger partial charge in [-0.05, 0) is 65.5 Å². The number of hydrogen-bond acceptors (Lipinski definition) is 10. The predicted molar refractivity (Wildman–Crippen MR) is 140 cm³/mol. The number of carbonyl (C=O) groups excluding carboxylic acids is 2. The van der Waals surface area contributed by atoms with Crippen molar-refractivity contribution in [3.63, 3.8) is 0 Å². The number of rotatable bonds is 6. The zero-order valence-electron chi connectivity index (χ0n) is 22.6. The Labute approximate surface area is 226 Å². The molecule has 2 aliphatic carbocycles. The number of ether oxygens (including phenoxy) is 1. The van der Waals surface area contributed by atoms with Crippen LogP contribution in [0.3, 0.4) is 0 Å². The number of likely N-dealkylation sites (tertiary alicyclic amines) is 1. The van der Waals surface area contributed by atoms with Crippen LogP contribution in [-0.4, -0.2) is 79.5 Å². The van der Waals surface area contributed by atoms with Crippen LogP contribution < -0.4 is 10.1 Å². The molecule has 12 heteroatoms. The van der Waals surface area contributed by atoms with Crippen molar-refractivity contribution in [2.45, 2.75) is 82.3 Å². The summed E-state index contributed by atoms with van der Waals surface area (Å²) in [5.74, 6) is 1.66. The van der Waals surface area contributed by atoms with Gasteiger partial charge in [0.25, 0.3) is 5.91 Å². The smallest absolute Gasteiger partial charge is 0.273 e. The Balaban J connectivity index is 1.41. The highest BCUT2D eigenvalue weighted by molar-refractivity contribution is 5.92. The molecule has 1 spiro atoms. The van der Waals surface area contributed by atoms with E-state index in [0.717, 1.165) is 63.5 Å². The third kappa shape index (κ3) is 4.50. The zero-order valence-corrected chi connectivity index (χ0v) is 22.6. The molecule has 0 unspecified atom stereocenters. The second-order valence-electron chi connectivity index (χ2n) is 10.9. The van der Waals surface area contributed by atoms with Gasteiger partial charge in [-0.2, -0.15) is 4.98 Å². The number of hydrogen-bond donors (Lipinski definition) is 1. The molecule has 12 nitrogen and oxygen atoms in total. The van der Waals surface area contributed by atoms with Crippen molar-refractivity contribution >= 4 is 11.7 Å². The van der Waals surface area contributed by atoms with Gasteiger partial charge < -0.3 is 14.6 Å². The Bertz CT molecular complexity index is 1400. The molecule has 1 saturated heterocycles. The molecule has 0 aromatic carbocycles. The lowest BCUT2D eigenvalue weighted by Crippen LogP contribution is -2.41. The van der Waals surface area contributed by atoms with Gasteiger partial charge in [0.05, 0.1) is 11.6 Å². The highest BCUT2D eigenvalue weighted by atomic mass is 16.5. The number of fused-ring (bicyclic) bond motifs is 2. The Kier molecular flexibility index (Phi) is 6.66. The van der Waals surface area contributed by atoms with Gasteiger partial charge in [-0.15, -0.1) is 5.10 Å². The van der Waals surface area contributed by atoms with E-state index in [-0.39, 0.29) is 29.5 Å². The first kappa shape index (κ1) is 25.6. The summed E-state index contributed by atoms with van der Waals surface area (Å²) in [4.78, 5) is 37.0. The van der Waals surface area contributed by atoms with E-state index < -0.39 is 5.41 Å². The monoisotopic (exact) mass is 534 g/mol. The zero-order chi connectivity index (χ0) is 27.1. The number of nitrogens with zero attached hydrogens (tertiary/aromatic N) is 7. The number of carbonyl (C=O) groups is 2. The highest BCUT2D eigenvalue weighted by Gasteiger charge is 2.48. The summed E-state index contributed by atoms with van der Waals surface area (Å²) in [6, 6.07) is 1.96. The number of Topliss-reactive ketones (excluding diaryl/α,β-unsaturated/α-hetero) is 1. The van der Waals surface area contributed by atoms with Crippen LogP contribution in [0, 0.1) is 0 Å². The highest BCUT2D eigenvalue weighted by Crippen LogP contribution is 2.47. The van der Waals surface area contributed by atoms with Crippen LogP contribution in [-0.2, 0) is 16.6 Å². The van der Waals surface area contributed by atoms with E-state index in [1.54, 1.807) is 6.07 Å². The SMILES string of the molecule is CNC(=O)c1cn(-c2cc(O[C@@H](C)[C@@H]3CCCN3C)nc(-c3noc4c3CCC[C@@]43CCCCC3=O)n2)nn1. The summed E-state index contributed by atoms with van der Waals surface area (Å²) < 4.78 is 13.7. The lowest BCUT2D eigenvalue weighted by atomic mass is 9.64. The second kappa shape index (κ2) is 10.1. The van der Waals surface area contributed by atoms with Crippen molar-refractivity contribution in [3.8, 4) is 23.2 Å².